The molecule has 0 bridgehead atoms. The second-order valence-electron chi connectivity index (χ2n) is 3.04. The second-order valence-corrected chi connectivity index (χ2v) is 3.04. The first-order chi connectivity index (χ1) is 4.86. The summed E-state index contributed by atoms with van der Waals surface area (Å²) in [5.41, 5.74) is 0. The van der Waals surface area contributed by atoms with Crippen LogP contribution in [0.2, 0.25) is 0 Å². The van der Waals surface area contributed by atoms with Gasteiger partial charge in [0.25, 0.3) is 0 Å². The zero-order chi connectivity index (χ0) is 7.40. The lowest BCUT2D eigenvalue weighted by Crippen LogP contribution is -2.22. The molecular formula is C8H15FO. The Morgan fingerprint density at radius 1 is 1.50 bits per heavy atom. The summed E-state index contributed by atoms with van der Waals surface area (Å²) in [6.45, 7) is -0.167. The SMILES string of the molecule is COC1CCCC(CF)C1. The molecule has 1 nitrogen and oxygen atoms in total. The van der Waals surface area contributed by atoms with Gasteiger partial charge in [-0.25, -0.2) is 0 Å². The molecule has 1 rings (SSSR count). The van der Waals surface area contributed by atoms with E-state index in [4.69, 9.17) is 4.74 Å². The minimum Gasteiger partial charge on any atom is -0.381 e. The van der Waals surface area contributed by atoms with E-state index in [1.165, 1.54) is 0 Å². The summed E-state index contributed by atoms with van der Waals surface area (Å²) in [5, 5.41) is 0. The quantitative estimate of drug-likeness (QED) is 0.580. The van der Waals surface area contributed by atoms with Crippen LogP contribution < -0.4 is 0 Å². The van der Waals surface area contributed by atoms with Crippen LogP contribution in [0.1, 0.15) is 25.7 Å². The van der Waals surface area contributed by atoms with Crippen LogP contribution in [0.4, 0.5) is 4.39 Å². The summed E-state index contributed by atoms with van der Waals surface area (Å²) in [7, 11) is 1.71. The first kappa shape index (κ1) is 7.99. The maximum absolute atomic E-state index is 12.1. The molecular weight excluding hydrogens is 131 g/mol. The Hall–Kier alpha value is -0.110. The van der Waals surface area contributed by atoms with Crippen molar-refractivity contribution in [1.82, 2.24) is 0 Å². The van der Waals surface area contributed by atoms with Crippen molar-refractivity contribution in [2.24, 2.45) is 5.92 Å². The van der Waals surface area contributed by atoms with E-state index in [1.807, 2.05) is 0 Å². The van der Waals surface area contributed by atoms with Crippen molar-refractivity contribution in [2.75, 3.05) is 13.8 Å². The Kier molecular flexibility index (Phi) is 3.13. The minimum atomic E-state index is -0.167. The highest BCUT2D eigenvalue weighted by molar-refractivity contribution is 4.72. The number of hydrogen-bond donors (Lipinski definition) is 0. The standard InChI is InChI=1S/C8H15FO/c1-10-8-4-2-3-7(5-8)6-9/h7-8H,2-6H2,1H3. The molecule has 0 spiro atoms. The van der Waals surface area contributed by atoms with E-state index in [0.29, 0.717) is 6.10 Å². The van der Waals surface area contributed by atoms with E-state index < -0.39 is 0 Å². The fourth-order valence-corrected chi connectivity index (χ4v) is 1.60. The zero-order valence-corrected chi connectivity index (χ0v) is 6.48. The highest BCUT2D eigenvalue weighted by atomic mass is 19.1. The number of hydrogen-bond acceptors (Lipinski definition) is 1. The monoisotopic (exact) mass is 146 g/mol. The van der Waals surface area contributed by atoms with Crippen LogP contribution in [0.15, 0.2) is 0 Å². The van der Waals surface area contributed by atoms with Crippen molar-refractivity contribution in [3.63, 3.8) is 0 Å². The van der Waals surface area contributed by atoms with Crippen LogP contribution in [-0.2, 0) is 4.74 Å². The maximum atomic E-state index is 12.1. The second kappa shape index (κ2) is 3.91. The summed E-state index contributed by atoms with van der Waals surface area (Å²) >= 11 is 0. The van der Waals surface area contributed by atoms with Gasteiger partial charge in [-0.15, -0.1) is 0 Å². The van der Waals surface area contributed by atoms with Gasteiger partial charge >= 0.3 is 0 Å². The Labute approximate surface area is 61.6 Å². The van der Waals surface area contributed by atoms with Gasteiger partial charge in [0.1, 0.15) is 0 Å². The molecule has 1 saturated carbocycles. The largest absolute Gasteiger partial charge is 0.381 e. The van der Waals surface area contributed by atoms with Crippen LogP contribution >= 0.6 is 0 Å². The van der Waals surface area contributed by atoms with Crippen LogP contribution in [0.25, 0.3) is 0 Å². The average molecular weight is 146 g/mol. The van der Waals surface area contributed by atoms with Gasteiger partial charge in [-0.1, -0.05) is 6.42 Å². The highest BCUT2D eigenvalue weighted by Crippen LogP contribution is 2.25. The van der Waals surface area contributed by atoms with Crippen LogP contribution in [0, 0.1) is 5.92 Å². The van der Waals surface area contributed by atoms with E-state index in [0.717, 1.165) is 25.7 Å². The highest BCUT2D eigenvalue weighted by Gasteiger charge is 2.20. The van der Waals surface area contributed by atoms with Crippen LogP contribution in [0.5, 0.6) is 0 Å². The third-order valence-electron chi connectivity index (χ3n) is 2.29. The van der Waals surface area contributed by atoms with Crippen molar-refractivity contribution >= 4 is 0 Å². The van der Waals surface area contributed by atoms with E-state index in [9.17, 15) is 4.39 Å². The predicted octanol–water partition coefficient (Wildman–Crippen LogP) is 2.16. The molecule has 0 aromatic rings. The predicted molar refractivity (Wildman–Crippen MR) is 38.7 cm³/mol. The third-order valence-corrected chi connectivity index (χ3v) is 2.29. The minimum absolute atomic E-state index is 0.167. The van der Waals surface area contributed by atoms with E-state index in [1.54, 1.807) is 7.11 Å². The molecule has 0 saturated heterocycles. The van der Waals surface area contributed by atoms with Crippen LogP contribution in [-0.4, -0.2) is 19.9 Å². The molecule has 1 aliphatic carbocycles. The molecule has 60 valence electrons. The Morgan fingerprint density at radius 2 is 2.30 bits per heavy atom. The van der Waals surface area contributed by atoms with Crippen molar-refractivity contribution in [3.05, 3.63) is 0 Å². The van der Waals surface area contributed by atoms with Gasteiger partial charge in [0.15, 0.2) is 0 Å². The topological polar surface area (TPSA) is 9.23 Å². The molecule has 0 heterocycles. The molecule has 1 aliphatic rings. The average Bonchev–Trinajstić information content (AvgIpc) is 2.05. The Bertz CT molecular complexity index is 85.3. The third kappa shape index (κ3) is 1.94. The number of ether oxygens (including phenoxy) is 1. The summed E-state index contributed by atoms with van der Waals surface area (Å²) in [6.07, 6.45) is 4.55. The van der Waals surface area contributed by atoms with Gasteiger partial charge < -0.3 is 4.74 Å². The van der Waals surface area contributed by atoms with Gasteiger partial charge in [-0.3, -0.25) is 4.39 Å². The van der Waals surface area contributed by atoms with Gasteiger partial charge in [0.2, 0.25) is 0 Å². The van der Waals surface area contributed by atoms with E-state index in [2.05, 4.69) is 0 Å². The molecule has 0 radical (unpaired) electrons. The molecule has 0 aromatic carbocycles. The number of rotatable bonds is 2. The van der Waals surface area contributed by atoms with Crippen molar-refractivity contribution < 1.29 is 9.13 Å². The van der Waals surface area contributed by atoms with Crippen molar-refractivity contribution in [3.8, 4) is 0 Å². The lowest BCUT2D eigenvalue weighted by Gasteiger charge is -2.25. The summed E-state index contributed by atoms with van der Waals surface area (Å²) in [4.78, 5) is 0. The van der Waals surface area contributed by atoms with Gasteiger partial charge in [-0.05, 0) is 25.2 Å². The summed E-state index contributed by atoms with van der Waals surface area (Å²) in [5.74, 6) is 0.277. The van der Waals surface area contributed by atoms with Crippen LogP contribution in [0.3, 0.4) is 0 Å². The molecule has 10 heavy (non-hydrogen) atoms. The molecule has 0 aromatic heterocycles. The number of methoxy groups -OCH3 is 1. The summed E-state index contributed by atoms with van der Waals surface area (Å²) < 4.78 is 17.3. The van der Waals surface area contributed by atoms with E-state index in [-0.39, 0.29) is 12.6 Å². The van der Waals surface area contributed by atoms with E-state index >= 15 is 0 Å². The smallest absolute Gasteiger partial charge is 0.0923 e. The Morgan fingerprint density at radius 3 is 2.90 bits per heavy atom. The normalized spacial score (nSPS) is 34.2. The summed E-state index contributed by atoms with van der Waals surface area (Å²) in [6, 6.07) is 0. The fourth-order valence-electron chi connectivity index (χ4n) is 1.60. The lowest BCUT2D eigenvalue weighted by atomic mass is 9.88. The lowest BCUT2D eigenvalue weighted by molar-refractivity contribution is 0.0454. The van der Waals surface area contributed by atoms with Crippen molar-refractivity contribution in [2.45, 2.75) is 31.8 Å². The molecule has 2 unspecified atom stereocenters. The van der Waals surface area contributed by atoms with Gasteiger partial charge in [0.05, 0.1) is 12.8 Å². The molecule has 1 fully saturated rings. The first-order valence-corrected chi connectivity index (χ1v) is 3.95. The molecule has 0 aliphatic heterocycles. The van der Waals surface area contributed by atoms with Crippen molar-refractivity contribution in [1.29, 1.82) is 0 Å². The Balaban J connectivity index is 2.25. The zero-order valence-electron chi connectivity index (χ0n) is 6.48. The number of alkyl halides is 1. The molecule has 0 N–H and O–H groups in total. The molecule has 2 atom stereocenters. The number of halogens is 1. The molecule has 0 amide bonds. The van der Waals surface area contributed by atoms with Gasteiger partial charge in [0, 0.05) is 7.11 Å². The molecule has 2 heteroatoms. The first-order valence-electron chi connectivity index (χ1n) is 3.95. The maximum Gasteiger partial charge on any atom is 0.0923 e. The van der Waals surface area contributed by atoms with Gasteiger partial charge in [-0.2, -0.15) is 0 Å². The fraction of sp³-hybridized carbons (Fsp3) is 1.00.